The van der Waals surface area contributed by atoms with Gasteiger partial charge in [0, 0.05) is 12.1 Å². The highest BCUT2D eigenvalue weighted by Crippen LogP contribution is 2.44. The van der Waals surface area contributed by atoms with Gasteiger partial charge >= 0.3 is 12.2 Å². The zero-order valence-electron chi connectivity index (χ0n) is 18.5. The molecule has 0 saturated heterocycles. The molecule has 1 aliphatic rings. The van der Waals surface area contributed by atoms with E-state index in [1.807, 2.05) is 13.0 Å². The average molecular weight is 490 g/mol. The second-order valence-corrected chi connectivity index (χ2v) is 8.41. The Balaban J connectivity index is 1.63. The van der Waals surface area contributed by atoms with Gasteiger partial charge in [-0.3, -0.25) is 0 Å². The van der Waals surface area contributed by atoms with E-state index in [1.165, 1.54) is 6.07 Å². The van der Waals surface area contributed by atoms with Crippen LogP contribution in [0.4, 0.5) is 30.7 Å². The standard InChI is InChI=1S/C25H25F7O2/c1-2-3-4-15-5-10-19(20(26)11-15)16-6-8-17(9-7-16)25(31,32)34-18-12-21(27)24(22(28)13-18)33-14-23(29)30/h5,10-14,16-17H,2-4,6-9H2,1H3. The predicted octanol–water partition coefficient (Wildman–Crippen LogP) is 8.51. The summed E-state index contributed by atoms with van der Waals surface area (Å²) < 4.78 is 105. The number of aryl methyl sites for hydroxylation is 1. The molecule has 0 spiro atoms. The number of hydrogen-bond acceptors (Lipinski definition) is 2. The summed E-state index contributed by atoms with van der Waals surface area (Å²) in [4.78, 5) is 0. The van der Waals surface area contributed by atoms with Crippen molar-refractivity contribution >= 4 is 0 Å². The van der Waals surface area contributed by atoms with Crippen molar-refractivity contribution in [2.45, 2.75) is 63.9 Å². The van der Waals surface area contributed by atoms with Crippen molar-refractivity contribution in [3.8, 4) is 11.5 Å². The molecular weight excluding hydrogens is 465 g/mol. The quantitative estimate of drug-likeness (QED) is 0.259. The van der Waals surface area contributed by atoms with Crippen LogP contribution in [0, 0.1) is 23.4 Å². The summed E-state index contributed by atoms with van der Waals surface area (Å²) in [6, 6.07) is 5.98. The Morgan fingerprint density at radius 2 is 1.62 bits per heavy atom. The molecule has 1 aliphatic carbocycles. The summed E-state index contributed by atoms with van der Waals surface area (Å²) in [5, 5.41) is 0. The molecule has 0 heterocycles. The average Bonchev–Trinajstić information content (AvgIpc) is 2.77. The molecule has 0 radical (unpaired) electrons. The summed E-state index contributed by atoms with van der Waals surface area (Å²) in [6.45, 7) is 2.05. The zero-order chi connectivity index (χ0) is 24.9. The maximum atomic E-state index is 14.7. The van der Waals surface area contributed by atoms with E-state index >= 15 is 0 Å². The molecule has 0 atom stereocenters. The fourth-order valence-corrected chi connectivity index (χ4v) is 4.23. The van der Waals surface area contributed by atoms with Crippen LogP contribution in [0.25, 0.3) is 0 Å². The molecule has 9 heteroatoms. The van der Waals surface area contributed by atoms with Gasteiger partial charge in [-0.25, -0.2) is 13.2 Å². The van der Waals surface area contributed by atoms with E-state index in [0.717, 1.165) is 24.8 Å². The van der Waals surface area contributed by atoms with Crippen molar-refractivity contribution in [3.63, 3.8) is 0 Å². The fourth-order valence-electron chi connectivity index (χ4n) is 4.23. The minimum absolute atomic E-state index is 0.0292. The van der Waals surface area contributed by atoms with Crippen LogP contribution in [0.1, 0.15) is 62.5 Å². The van der Waals surface area contributed by atoms with Gasteiger partial charge in [0.1, 0.15) is 11.6 Å². The SMILES string of the molecule is CCCCc1ccc(C2CCC(C(F)(F)Oc3cc(F)c(OC=C(F)F)c(F)c3)CC2)c(F)c1. The van der Waals surface area contributed by atoms with Gasteiger partial charge in [-0.05, 0) is 61.6 Å². The number of ether oxygens (including phenoxy) is 2. The molecule has 0 aromatic heterocycles. The molecule has 34 heavy (non-hydrogen) atoms. The second kappa shape index (κ2) is 11.1. The van der Waals surface area contributed by atoms with Crippen LogP contribution in [0.15, 0.2) is 42.7 Å². The zero-order valence-corrected chi connectivity index (χ0v) is 18.5. The summed E-state index contributed by atoms with van der Waals surface area (Å²) in [5.74, 6) is -6.67. The van der Waals surface area contributed by atoms with Crippen molar-refractivity contribution in [2.75, 3.05) is 0 Å². The first-order valence-electron chi connectivity index (χ1n) is 11.1. The van der Waals surface area contributed by atoms with Gasteiger partial charge in [-0.1, -0.05) is 25.5 Å². The fraction of sp³-hybridized carbons (Fsp3) is 0.440. The van der Waals surface area contributed by atoms with Crippen LogP contribution >= 0.6 is 0 Å². The van der Waals surface area contributed by atoms with Gasteiger partial charge in [0.05, 0.1) is 5.92 Å². The van der Waals surface area contributed by atoms with Crippen molar-refractivity contribution in [1.29, 1.82) is 0 Å². The maximum Gasteiger partial charge on any atom is 0.400 e. The van der Waals surface area contributed by atoms with Gasteiger partial charge in [-0.15, -0.1) is 0 Å². The highest BCUT2D eigenvalue weighted by atomic mass is 19.3. The normalized spacial score (nSPS) is 18.5. The number of halogens is 7. The predicted molar refractivity (Wildman–Crippen MR) is 113 cm³/mol. The van der Waals surface area contributed by atoms with E-state index in [1.54, 1.807) is 6.07 Å². The summed E-state index contributed by atoms with van der Waals surface area (Å²) in [7, 11) is 0. The third-order valence-corrected chi connectivity index (χ3v) is 6.02. The summed E-state index contributed by atoms with van der Waals surface area (Å²) >= 11 is 0. The minimum atomic E-state index is -3.74. The number of hydrogen-bond donors (Lipinski definition) is 0. The molecule has 0 bridgehead atoms. The minimum Gasteiger partial charge on any atom is -0.453 e. The van der Waals surface area contributed by atoms with Crippen LogP contribution in [0.3, 0.4) is 0 Å². The monoisotopic (exact) mass is 490 g/mol. The summed E-state index contributed by atoms with van der Waals surface area (Å²) in [5.41, 5.74) is 1.40. The molecule has 0 aliphatic heterocycles. The van der Waals surface area contributed by atoms with Gasteiger partial charge < -0.3 is 9.47 Å². The Morgan fingerprint density at radius 1 is 0.971 bits per heavy atom. The van der Waals surface area contributed by atoms with Crippen LogP contribution in [-0.4, -0.2) is 6.11 Å². The van der Waals surface area contributed by atoms with E-state index in [-0.39, 0.29) is 30.8 Å². The Hall–Kier alpha value is -2.71. The van der Waals surface area contributed by atoms with Crippen LogP contribution in [0.2, 0.25) is 0 Å². The first-order chi connectivity index (χ1) is 16.1. The van der Waals surface area contributed by atoms with Crippen LogP contribution < -0.4 is 9.47 Å². The molecule has 2 aromatic rings. The van der Waals surface area contributed by atoms with E-state index in [4.69, 9.17) is 0 Å². The molecular formula is C25H25F7O2. The van der Waals surface area contributed by atoms with Gasteiger partial charge in [0.25, 0.3) is 0 Å². The molecule has 1 saturated carbocycles. The lowest BCUT2D eigenvalue weighted by Crippen LogP contribution is -2.37. The molecule has 0 N–H and O–H groups in total. The lowest BCUT2D eigenvalue weighted by Gasteiger charge is -2.33. The highest BCUT2D eigenvalue weighted by molar-refractivity contribution is 5.35. The Kier molecular flexibility index (Phi) is 8.49. The first-order valence-corrected chi connectivity index (χ1v) is 11.1. The lowest BCUT2D eigenvalue weighted by molar-refractivity contribution is -0.222. The van der Waals surface area contributed by atoms with Crippen molar-refractivity contribution in [2.24, 2.45) is 5.92 Å². The number of alkyl halides is 2. The maximum absolute atomic E-state index is 14.7. The van der Waals surface area contributed by atoms with Gasteiger partial charge in [0.15, 0.2) is 23.6 Å². The summed E-state index contributed by atoms with van der Waals surface area (Å²) in [6.07, 6.45) is -2.82. The Labute approximate surface area is 193 Å². The second-order valence-electron chi connectivity index (χ2n) is 8.41. The van der Waals surface area contributed by atoms with E-state index < -0.39 is 41.2 Å². The highest BCUT2D eigenvalue weighted by Gasteiger charge is 2.44. The number of benzene rings is 2. The number of rotatable bonds is 9. The van der Waals surface area contributed by atoms with E-state index in [0.29, 0.717) is 30.5 Å². The topological polar surface area (TPSA) is 18.5 Å². The van der Waals surface area contributed by atoms with Crippen LogP contribution in [-0.2, 0) is 6.42 Å². The number of unbranched alkanes of at least 4 members (excludes halogenated alkanes) is 1. The lowest BCUT2D eigenvalue weighted by atomic mass is 9.78. The third kappa shape index (κ3) is 6.45. The Morgan fingerprint density at radius 3 is 2.18 bits per heavy atom. The largest absolute Gasteiger partial charge is 0.453 e. The Bertz CT molecular complexity index is 987. The van der Waals surface area contributed by atoms with Gasteiger partial charge in [0.2, 0.25) is 0 Å². The van der Waals surface area contributed by atoms with Crippen molar-refractivity contribution < 1.29 is 40.2 Å². The molecule has 3 rings (SSSR count). The first kappa shape index (κ1) is 25.9. The van der Waals surface area contributed by atoms with Crippen molar-refractivity contribution in [1.82, 2.24) is 0 Å². The molecule has 2 nitrogen and oxygen atoms in total. The van der Waals surface area contributed by atoms with Crippen LogP contribution in [0.5, 0.6) is 11.5 Å². The molecule has 0 unspecified atom stereocenters. The van der Waals surface area contributed by atoms with Crippen molar-refractivity contribution in [3.05, 3.63) is 71.3 Å². The third-order valence-electron chi connectivity index (χ3n) is 6.02. The van der Waals surface area contributed by atoms with E-state index in [2.05, 4.69) is 9.47 Å². The molecule has 186 valence electrons. The molecule has 0 amide bonds. The van der Waals surface area contributed by atoms with E-state index in [9.17, 15) is 30.7 Å². The molecule has 1 fully saturated rings. The molecule has 2 aromatic carbocycles. The van der Waals surface area contributed by atoms with Gasteiger partial charge in [-0.2, -0.15) is 17.6 Å². The smallest absolute Gasteiger partial charge is 0.400 e.